The number of nitrogens with one attached hydrogen (secondary N) is 1. The first-order valence-corrected chi connectivity index (χ1v) is 9.03. The van der Waals surface area contributed by atoms with E-state index in [-0.39, 0.29) is 5.91 Å². The van der Waals surface area contributed by atoms with E-state index in [2.05, 4.69) is 5.32 Å². The monoisotopic (exact) mass is 388 g/mol. The minimum absolute atomic E-state index is 0.110. The molecular weight excluding hydrogens is 368 g/mol. The maximum atomic E-state index is 12.8. The van der Waals surface area contributed by atoms with Gasteiger partial charge in [0.2, 0.25) is 0 Å². The number of hydrogen-bond donors (Lipinski definition) is 1. The van der Waals surface area contributed by atoms with Crippen LogP contribution in [0.25, 0.3) is 0 Å². The lowest BCUT2D eigenvalue weighted by Crippen LogP contribution is -2.28. The van der Waals surface area contributed by atoms with Gasteiger partial charge in [-0.15, -0.1) is 0 Å². The number of carbonyl (C=O) groups excluding carboxylic acids is 2. The Labute approximate surface area is 163 Å². The van der Waals surface area contributed by atoms with Crippen LogP contribution in [0.4, 0.5) is 5.69 Å². The molecule has 1 heterocycles. The number of carbonyl (C=O) groups is 2. The van der Waals surface area contributed by atoms with Crippen LogP contribution in [0.3, 0.4) is 0 Å². The Morgan fingerprint density at radius 2 is 1.70 bits per heavy atom. The molecule has 2 aromatic carbocycles. The number of ether oxygens (including phenoxy) is 2. The Balaban J connectivity index is 1.90. The number of likely N-dealkylation sites (tertiary alicyclic amines) is 1. The Kier molecular flexibility index (Phi) is 5.86. The van der Waals surface area contributed by atoms with Gasteiger partial charge in [0.1, 0.15) is 11.5 Å². The van der Waals surface area contributed by atoms with Crippen LogP contribution in [0.1, 0.15) is 33.6 Å². The predicted octanol–water partition coefficient (Wildman–Crippen LogP) is 3.85. The van der Waals surface area contributed by atoms with Gasteiger partial charge in [-0.2, -0.15) is 0 Å². The molecule has 0 saturated carbocycles. The lowest BCUT2D eigenvalue weighted by atomic mass is 10.1. The van der Waals surface area contributed by atoms with E-state index in [1.54, 1.807) is 41.3 Å². The smallest absolute Gasteiger partial charge is 0.259 e. The Morgan fingerprint density at radius 3 is 2.37 bits per heavy atom. The molecule has 0 spiro atoms. The SMILES string of the molecule is COc1ccc(C(=O)Nc2cc(Cl)ccc2C(=O)N2CCCC2)c(OC)c1. The third kappa shape index (κ3) is 4.17. The summed E-state index contributed by atoms with van der Waals surface area (Å²) < 4.78 is 10.4. The van der Waals surface area contributed by atoms with Crippen molar-refractivity contribution in [3.63, 3.8) is 0 Å². The summed E-state index contributed by atoms with van der Waals surface area (Å²) in [6.45, 7) is 1.45. The quantitative estimate of drug-likeness (QED) is 0.844. The largest absolute Gasteiger partial charge is 0.497 e. The average molecular weight is 389 g/mol. The molecule has 0 unspecified atom stereocenters. The summed E-state index contributed by atoms with van der Waals surface area (Å²) in [6, 6.07) is 9.78. The molecule has 0 atom stereocenters. The van der Waals surface area contributed by atoms with Gasteiger partial charge in [0.25, 0.3) is 11.8 Å². The normalized spacial score (nSPS) is 13.4. The van der Waals surface area contributed by atoms with Crippen LogP contribution in [-0.4, -0.2) is 44.0 Å². The zero-order chi connectivity index (χ0) is 19.4. The van der Waals surface area contributed by atoms with Crippen molar-refractivity contribution in [3.05, 3.63) is 52.5 Å². The first-order chi connectivity index (χ1) is 13.0. The number of halogens is 1. The number of anilines is 1. The van der Waals surface area contributed by atoms with E-state index in [1.807, 2.05) is 0 Å². The van der Waals surface area contributed by atoms with Gasteiger partial charge in [-0.1, -0.05) is 11.6 Å². The fourth-order valence-corrected chi connectivity index (χ4v) is 3.24. The van der Waals surface area contributed by atoms with Gasteiger partial charge in [0.05, 0.1) is 31.0 Å². The van der Waals surface area contributed by atoms with Gasteiger partial charge >= 0.3 is 0 Å². The Morgan fingerprint density at radius 1 is 1.00 bits per heavy atom. The van der Waals surface area contributed by atoms with E-state index in [0.717, 1.165) is 25.9 Å². The second-order valence-electron chi connectivity index (χ2n) is 6.21. The fraction of sp³-hybridized carbons (Fsp3) is 0.300. The van der Waals surface area contributed by atoms with Crippen LogP contribution in [-0.2, 0) is 0 Å². The summed E-state index contributed by atoms with van der Waals surface area (Å²) in [7, 11) is 3.02. The second-order valence-corrected chi connectivity index (χ2v) is 6.65. The van der Waals surface area contributed by atoms with E-state index in [0.29, 0.717) is 33.3 Å². The van der Waals surface area contributed by atoms with E-state index < -0.39 is 5.91 Å². The highest BCUT2D eigenvalue weighted by Crippen LogP contribution is 2.28. The number of benzene rings is 2. The number of amides is 2. The summed E-state index contributed by atoms with van der Waals surface area (Å²) in [6.07, 6.45) is 1.98. The molecule has 0 aliphatic carbocycles. The van der Waals surface area contributed by atoms with E-state index in [4.69, 9.17) is 21.1 Å². The minimum atomic E-state index is -0.396. The summed E-state index contributed by atoms with van der Waals surface area (Å²) in [5.74, 6) is 0.450. The van der Waals surface area contributed by atoms with Crippen LogP contribution in [0.15, 0.2) is 36.4 Å². The fourth-order valence-electron chi connectivity index (χ4n) is 3.07. The van der Waals surface area contributed by atoms with Crippen molar-refractivity contribution in [3.8, 4) is 11.5 Å². The lowest BCUT2D eigenvalue weighted by Gasteiger charge is -2.18. The summed E-state index contributed by atoms with van der Waals surface area (Å²) in [4.78, 5) is 27.4. The van der Waals surface area contributed by atoms with Crippen LogP contribution in [0.2, 0.25) is 5.02 Å². The van der Waals surface area contributed by atoms with Crippen LogP contribution in [0.5, 0.6) is 11.5 Å². The number of hydrogen-bond acceptors (Lipinski definition) is 4. The molecule has 1 saturated heterocycles. The van der Waals surface area contributed by atoms with Crippen molar-refractivity contribution in [2.24, 2.45) is 0 Å². The molecule has 0 radical (unpaired) electrons. The molecule has 1 aliphatic rings. The third-order valence-electron chi connectivity index (χ3n) is 4.51. The van der Waals surface area contributed by atoms with Crippen LogP contribution in [0, 0.1) is 0 Å². The highest BCUT2D eigenvalue weighted by atomic mass is 35.5. The van der Waals surface area contributed by atoms with Crippen molar-refractivity contribution in [2.75, 3.05) is 32.6 Å². The molecular formula is C20H21ClN2O4. The molecule has 1 fully saturated rings. The Bertz CT molecular complexity index is 863. The zero-order valence-corrected chi connectivity index (χ0v) is 16.0. The molecule has 27 heavy (non-hydrogen) atoms. The molecule has 0 bridgehead atoms. The van der Waals surface area contributed by atoms with E-state index >= 15 is 0 Å². The Hall–Kier alpha value is -2.73. The van der Waals surface area contributed by atoms with Crippen molar-refractivity contribution in [1.29, 1.82) is 0 Å². The molecule has 6 nitrogen and oxygen atoms in total. The van der Waals surface area contributed by atoms with Crippen molar-refractivity contribution in [1.82, 2.24) is 4.90 Å². The molecule has 0 aromatic heterocycles. The molecule has 3 rings (SSSR count). The van der Waals surface area contributed by atoms with E-state index in [9.17, 15) is 9.59 Å². The number of rotatable bonds is 5. The maximum Gasteiger partial charge on any atom is 0.259 e. The van der Waals surface area contributed by atoms with Gasteiger partial charge in [-0.05, 0) is 43.2 Å². The number of methoxy groups -OCH3 is 2. The van der Waals surface area contributed by atoms with Gasteiger partial charge in [-0.25, -0.2) is 0 Å². The van der Waals surface area contributed by atoms with Crippen molar-refractivity contribution < 1.29 is 19.1 Å². The number of nitrogens with zero attached hydrogens (tertiary/aromatic N) is 1. The molecule has 142 valence electrons. The van der Waals surface area contributed by atoms with Crippen LogP contribution >= 0.6 is 11.6 Å². The summed E-state index contributed by atoms with van der Waals surface area (Å²) in [5, 5.41) is 3.23. The second kappa shape index (κ2) is 8.31. The van der Waals surface area contributed by atoms with Crippen molar-refractivity contribution in [2.45, 2.75) is 12.8 Å². The first-order valence-electron chi connectivity index (χ1n) is 8.65. The maximum absolute atomic E-state index is 12.8. The van der Waals surface area contributed by atoms with Gasteiger partial charge in [0, 0.05) is 24.2 Å². The molecule has 2 aromatic rings. The van der Waals surface area contributed by atoms with Crippen molar-refractivity contribution >= 4 is 29.1 Å². The standard InChI is InChI=1S/C20H21ClN2O4/c1-26-14-6-8-16(18(12-14)27-2)19(24)22-17-11-13(21)5-7-15(17)20(25)23-9-3-4-10-23/h5-8,11-12H,3-4,9-10H2,1-2H3,(H,22,24). The zero-order valence-electron chi connectivity index (χ0n) is 15.3. The summed E-state index contributed by atoms with van der Waals surface area (Å²) in [5.41, 5.74) is 1.13. The topological polar surface area (TPSA) is 67.9 Å². The molecule has 1 aliphatic heterocycles. The van der Waals surface area contributed by atoms with Crippen LogP contribution < -0.4 is 14.8 Å². The molecule has 1 N–H and O–H groups in total. The minimum Gasteiger partial charge on any atom is -0.497 e. The lowest BCUT2D eigenvalue weighted by molar-refractivity contribution is 0.0794. The predicted molar refractivity (Wildman–Crippen MR) is 104 cm³/mol. The highest BCUT2D eigenvalue weighted by molar-refractivity contribution is 6.31. The van der Waals surface area contributed by atoms with Gasteiger partial charge < -0.3 is 19.7 Å². The highest BCUT2D eigenvalue weighted by Gasteiger charge is 2.23. The third-order valence-corrected chi connectivity index (χ3v) is 4.74. The summed E-state index contributed by atoms with van der Waals surface area (Å²) >= 11 is 6.09. The molecule has 7 heteroatoms. The first kappa shape index (κ1) is 19.0. The van der Waals surface area contributed by atoms with Gasteiger partial charge in [0.15, 0.2) is 0 Å². The van der Waals surface area contributed by atoms with E-state index in [1.165, 1.54) is 14.2 Å². The average Bonchev–Trinajstić information content (AvgIpc) is 3.21. The van der Waals surface area contributed by atoms with Gasteiger partial charge in [-0.3, -0.25) is 9.59 Å². The molecule has 2 amide bonds.